The molecule has 0 aromatic heterocycles. The molecule has 0 bridgehead atoms. The van der Waals surface area contributed by atoms with E-state index in [9.17, 15) is 9.59 Å². The number of carbonyl (C=O) groups is 1. The lowest BCUT2D eigenvalue weighted by Crippen LogP contribution is -2.29. The zero-order chi connectivity index (χ0) is 11.3. The number of nitrogens with two attached hydrogens (primary N) is 1. The molecule has 15 heavy (non-hydrogen) atoms. The highest BCUT2D eigenvalue weighted by Gasteiger charge is 2.06. The van der Waals surface area contributed by atoms with Crippen molar-refractivity contribution in [3.63, 3.8) is 0 Å². The Hall–Kier alpha value is -2.10. The number of urea groups is 1. The van der Waals surface area contributed by atoms with E-state index in [4.69, 9.17) is 5.73 Å². The van der Waals surface area contributed by atoms with E-state index in [-0.39, 0.29) is 5.70 Å². The second-order valence-electron chi connectivity index (χ2n) is 2.96. The first-order valence-electron chi connectivity index (χ1n) is 4.36. The van der Waals surface area contributed by atoms with Gasteiger partial charge in [0, 0.05) is 0 Å². The summed E-state index contributed by atoms with van der Waals surface area (Å²) in [6.07, 6.45) is 1.65. The zero-order valence-electron chi connectivity index (χ0n) is 8.28. The predicted octanol–water partition coefficient (Wildman–Crippen LogP) is 1.20. The molecule has 0 aliphatic heterocycles. The van der Waals surface area contributed by atoms with Crippen molar-refractivity contribution in [1.82, 2.24) is 5.32 Å². The summed E-state index contributed by atoms with van der Waals surface area (Å²) < 4.78 is 0. The Morgan fingerprint density at radius 3 is 2.40 bits per heavy atom. The third-order valence-corrected chi connectivity index (χ3v) is 1.93. The van der Waals surface area contributed by atoms with Crippen LogP contribution in [-0.4, -0.2) is 12.3 Å². The lowest BCUT2D eigenvalue weighted by Gasteiger charge is -2.06. The van der Waals surface area contributed by atoms with Crippen LogP contribution < -0.4 is 11.1 Å². The standard InChI is InChI=1S/C11H11N2O2/c1-8(9-5-3-2-4-6-9)10(7-14)13-11(12)15/h2-6H,1H3,(H3,12,13,15). The number of hydrogen-bond donors (Lipinski definition) is 2. The number of primary amides is 1. The molecule has 0 saturated carbocycles. The van der Waals surface area contributed by atoms with Gasteiger partial charge in [0.15, 0.2) is 0 Å². The molecule has 0 spiro atoms. The molecular weight excluding hydrogens is 192 g/mol. The molecule has 1 rings (SSSR count). The molecule has 0 aliphatic carbocycles. The average Bonchev–Trinajstić information content (AvgIpc) is 2.26. The van der Waals surface area contributed by atoms with Crippen LogP contribution in [0.2, 0.25) is 0 Å². The Morgan fingerprint density at radius 1 is 1.33 bits per heavy atom. The summed E-state index contributed by atoms with van der Waals surface area (Å²) >= 11 is 0. The van der Waals surface area contributed by atoms with Crippen molar-refractivity contribution in [3.8, 4) is 0 Å². The summed E-state index contributed by atoms with van der Waals surface area (Å²) in [5.74, 6) is 0. The number of hydrogen-bond acceptors (Lipinski definition) is 2. The van der Waals surface area contributed by atoms with Gasteiger partial charge in [0.2, 0.25) is 0 Å². The van der Waals surface area contributed by atoms with Gasteiger partial charge < -0.3 is 11.1 Å². The van der Waals surface area contributed by atoms with E-state index in [1.807, 2.05) is 30.3 Å². The van der Waals surface area contributed by atoms with Crippen molar-refractivity contribution in [2.24, 2.45) is 5.73 Å². The Bertz CT molecular complexity index is 396. The van der Waals surface area contributed by atoms with E-state index in [1.165, 1.54) is 0 Å². The van der Waals surface area contributed by atoms with Gasteiger partial charge in [-0.25, -0.2) is 4.79 Å². The molecule has 1 aromatic rings. The first kappa shape index (κ1) is 11.0. The largest absolute Gasteiger partial charge is 0.351 e. The van der Waals surface area contributed by atoms with Gasteiger partial charge in [-0.05, 0) is 18.1 Å². The summed E-state index contributed by atoms with van der Waals surface area (Å²) in [6, 6.07) is 8.42. The second kappa shape index (κ2) is 4.95. The molecule has 77 valence electrons. The maximum Gasteiger partial charge on any atom is 0.316 e. The fourth-order valence-electron chi connectivity index (χ4n) is 1.15. The molecular formula is C11H11N2O2. The monoisotopic (exact) mass is 203 g/mol. The highest BCUT2D eigenvalue weighted by atomic mass is 16.2. The maximum absolute atomic E-state index is 10.6. The minimum absolute atomic E-state index is 0.0636. The summed E-state index contributed by atoms with van der Waals surface area (Å²) in [6.45, 7) is 1.71. The van der Waals surface area contributed by atoms with E-state index in [0.717, 1.165) is 5.56 Å². The van der Waals surface area contributed by atoms with Gasteiger partial charge in [-0.3, -0.25) is 4.79 Å². The van der Waals surface area contributed by atoms with Crippen LogP contribution in [0.25, 0.3) is 5.57 Å². The molecule has 1 aromatic carbocycles. The van der Waals surface area contributed by atoms with Crippen LogP contribution in [0.3, 0.4) is 0 Å². The number of allylic oxidation sites excluding steroid dienone is 2. The second-order valence-corrected chi connectivity index (χ2v) is 2.96. The maximum atomic E-state index is 10.6. The quantitative estimate of drug-likeness (QED) is 0.724. The van der Waals surface area contributed by atoms with Crippen LogP contribution in [0.4, 0.5) is 4.79 Å². The van der Waals surface area contributed by atoms with Gasteiger partial charge in [-0.2, -0.15) is 0 Å². The third-order valence-electron chi connectivity index (χ3n) is 1.93. The van der Waals surface area contributed by atoms with Gasteiger partial charge in [0.1, 0.15) is 0 Å². The molecule has 0 atom stereocenters. The minimum Gasteiger partial charge on any atom is -0.351 e. The van der Waals surface area contributed by atoms with Crippen molar-refractivity contribution in [2.45, 2.75) is 6.92 Å². The fraction of sp³-hybridized carbons (Fsp3) is 0.0909. The van der Waals surface area contributed by atoms with Crippen molar-refractivity contribution in [3.05, 3.63) is 41.6 Å². The van der Waals surface area contributed by atoms with Crippen LogP contribution in [-0.2, 0) is 4.79 Å². The molecule has 3 N–H and O–H groups in total. The number of amides is 2. The van der Waals surface area contributed by atoms with Crippen LogP contribution in [0, 0.1) is 0 Å². The summed E-state index contributed by atoms with van der Waals surface area (Å²) in [5.41, 5.74) is 6.45. The zero-order valence-corrected chi connectivity index (χ0v) is 8.28. The van der Waals surface area contributed by atoms with Crippen LogP contribution in [0.15, 0.2) is 36.0 Å². The van der Waals surface area contributed by atoms with E-state index < -0.39 is 6.03 Å². The Morgan fingerprint density at radius 2 is 1.93 bits per heavy atom. The van der Waals surface area contributed by atoms with Crippen LogP contribution >= 0.6 is 0 Å². The van der Waals surface area contributed by atoms with Crippen molar-refractivity contribution in [2.75, 3.05) is 0 Å². The molecule has 0 fully saturated rings. The number of carbonyl (C=O) groups excluding carboxylic acids is 2. The van der Waals surface area contributed by atoms with E-state index in [2.05, 4.69) is 5.32 Å². The number of nitrogens with one attached hydrogen (secondary N) is 1. The van der Waals surface area contributed by atoms with Crippen LogP contribution in [0.5, 0.6) is 0 Å². The fourth-order valence-corrected chi connectivity index (χ4v) is 1.15. The Labute approximate surface area is 87.8 Å². The SMILES string of the molecule is CC(=C([C]=O)NC(N)=O)c1ccccc1. The topological polar surface area (TPSA) is 72.2 Å². The van der Waals surface area contributed by atoms with Crippen LogP contribution in [0.1, 0.15) is 12.5 Å². The molecule has 1 radical (unpaired) electrons. The lowest BCUT2D eigenvalue weighted by molar-refractivity contribution is 0.251. The number of rotatable bonds is 3. The minimum atomic E-state index is -0.774. The van der Waals surface area contributed by atoms with Gasteiger partial charge in [0.25, 0.3) is 6.29 Å². The van der Waals surface area contributed by atoms with Gasteiger partial charge >= 0.3 is 6.03 Å². The van der Waals surface area contributed by atoms with E-state index >= 15 is 0 Å². The van der Waals surface area contributed by atoms with E-state index in [0.29, 0.717) is 5.57 Å². The first-order valence-corrected chi connectivity index (χ1v) is 4.36. The van der Waals surface area contributed by atoms with Crippen molar-refractivity contribution < 1.29 is 9.59 Å². The molecule has 0 heterocycles. The van der Waals surface area contributed by atoms with Gasteiger partial charge in [-0.15, -0.1) is 0 Å². The lowest BCUT2D eigenvalue weighted by atomic mass is 10.1. The smallest absolute Gasteiger partial charge is 0.316 e. The first-order chi connectivity index (χ1) is 7.15. The highest BCUT2D eigenvalue weighted by molar-refractivity contribution is 5.92. The van der Waals surface area contributed by atoms with Crippen molar-refractivity contribution >= 4 is 17.9 Å². The van der Waals surface area contributed by atoms with Crippen molar-refractivity contribution in [1.29, 1.82) is 0 Å². The Balaban J connectivity index is 3.06. The molecule has 4 heteroatoms. The predicted molar refractivity (Wildman–Crippen MR) is 57.4 cm³/mol. The molecule has 4 nitrogen and oxygen atoms in total. The molecule has 0 saturated heterocycles. The number of benzene rings is 1. The van der Waals surface area contributed by atoms with Gasteiger partial charge in [0.05, 0.1) is 5.70 Å². The highest BCUT2D eigenvalue weighted by Crippen LogP contribution is 2.14. The molecule has 0 aliphatic rings. The average molecular weight is 203 g/mol. The third kappa shape index (κ3) is 2.95. The summed E-state index contributed by atoms with van der Waals surface area (Å²) in [7, 11) is 0. The van der Waals surface area contributed by atoms with E-state index in [1.54, 1.807) is 13.2 Å². The summed E-state index contributed by atoms with van der Waals surface area (Å²) in [5, 5.41) is 2.22. The molecule has 2 amide bonds. The normalized spacial score (nSPS) is 11.5. The van der Waals surface area contributed by atoms with Gasteiger partial charge in [-0.1, -0.05) is 30.3 Å². The Kier molecular flexibility index (Phi) is 3.62. The molecule has 0 unspecified atom stereocenters. The summed E-state index contributed by atoms with van der Waals surface area (Å²) in [4.78, 5) is 21.2.